The van der Waals surface area contributed by atoms with Crippen LogP contribution in [0.15, 0.2) is 6.20 Å². The summed E-state index contributed by atoms with van der Waals surface area (Å²) in [4.78, 5) is 2.15. The van der Waals surface area contributed by atoms with E-state index < -0.39 is 0 Å². The number of rotatable bonds is 8. The number of thioether (sulfide) groups is 1. The summed E-state index contributed by atoms with van der Waals surface area (Å²) in [5.74, 6) is 1.75. The third-order valence-corrected chi connectivity index (χ3v) is 5.48. The Bertz CT molecular complexity index is 429. The normalized spacial score (nSPS) is 17.6. The highest BCUT2D eigenvalue weighted by atomic mass is 32.2. The monoisotopic (exact) mass is 312 g/mol. The zero-order valence-corrected chi connectivity index (χ0v) is 14.2. The van der Waals surface area contributed by atoms with Gasteiger partial charge in [-0.3, -0.25) is 4.68 Å². The molecule has 1 atom stereocenters. The second kappa shape index (κ2) is 8.06. The summed E-state index contributed by atoms with van der Waals surface area (Å²) in [6, 6.07) is -0.0183. The Morgan fingerprint density at radius 1 is 1.48 bits per heavy atom. The molecule has 0 radical (unpaired) electrons. The molecule has 0 spiro atoms. The molecule has 0 saturated heterocycles. The molecule has 1 aliphatic carbocycles. The number of hydrogen-bond acceptors (Lipinski definition) is 5. The molecule has 21 heavy (non-hydrogen) atoms. The van der Waals surface area contributed by atoms with Crippen LogP contribution in [0.1, 0.15) is 37.4 Å². The van der Waals surface area contributed by atoms with Gasteiger partial charge >= 0.3 is 0 Å². The van der Waals surface area contributed by atoms with Gasteiger partial charge in [-0.05, 0) is 26.9 Å². The Morgan fingerprint density at radius 2 is 2.19 bits per heavy atom. The molecule has 0 amide bonds. The fourth-order valence-electron chi connectivity index (χ4n) is 2.76. The van der Waals surface area contributed by atoms with Crippen molar-refractivity contribution in [1.29, 1.82) is 0 Å². The van der Waals surface area contributed by atoms with Crippen LogP contribution in [0.2, 0.25) is 0 Å². The number of ether oxygens (including phenoxy) is 1. The van der Waals surface area contributed by atoms with Gasteiger partial charge in [-0.2, -0.15) is 16.9 Å². The van der Waals surface area contributed by atoms with Crippen LogP contribution >= 0.6 is 11.8 Å². The van der Waals surface area contributed by atoms with Crippen molar-refractivity contribution >= 4 is 11.8 Å². The highest BCUT2D eigenvalue weighted by molar-refractivity contribution is 7.99. The summed E-state index contributed by atoms with van der Waals surface area (Å²) in [5.41, 5.74) is 7.46. The minimum absolute atomic E-state index is 0.0183. The first kappa shape index (κ1) is 16.6. The maximum Gasteiger partial charge on any atom is 0.161 e. The van der Waals surface area contributed by atoms with Crippen molar-refractivity contribution in [3.05, 3.63) is 11.9 Å². The van der Waals surface area contributed by atoms with Crippen LogP contribution in [-0.4, -0.2) is 53.4 Å². The topological polar surface area (TPSA) is 56.3 Å². The van der Waals surface area contributed by atoms with E-state index in [0.717, 1.165) is 35.5 Å². The average Bonchev–Trinajstić information content (AvgIpc) is 3.11. The second-order valence-electron chi connectivity index (χ2n) is 5.97. The number of nitrogens with two attached hydrogens (primary N) is 1. The quantitative estimate of drug-likeness (QED) is 0.797. The predicted molar refractivity (Wildman–Crippen MR) is 89.0 cm³/mol. The second-order valence-corrected chi connectivity index (χ2v) is 7.30. The first-order valence-electron chi connectivity index (χ1n) is 7.73. The van der Waals surface area contributed by atoms with Gasteiger partial charge in [0.05, 0.1) is 31.6 Å². The zero-order valence-electron chi connectivity index (χ0n) is 13.4. The lowest BCUT2D eigenvalue weighted by atomic mass is 10.2. The molecular weight excluding hydrogens is 284 g/mol. The average molecular weight is 312 g/mol. The van der Waals surface area contributed by atoms with Gasteiger partial charge in [-0.25, -0.2) is 0 Å². The summed E-state index contributed by atoms with van der Waals surface area (Å²) in [5, 5.41) is 5.23. The Labute approximate surface area is 132 Å². The maximum absolute atomic E-state index is 6.43. The van der Waals surface area contributed by atoms with Crippen molar-refractivity contribution in [2.75, 3.05) is 33.5 Å². The van der Waals surface area contributed by atoms with E-state index >= 15 is 0 Å². The van der Waals surface area contributed by atoms with E-state index in [1.165, 1.54) is 25.7 Å². The molecule has 1 fully saturated rings. The highest BCUT2D eigenvalue weighted by Gasteiger charge is 2.22. The van der Waals surface area contributed by atoms with E-state index in [1.54, 1.807) is 13.3 Å². The molecule has 0 aromatic carbocycles. The van der Waals surface area contributed by atoms with E-state index in [-0.39, 0.29) is 6.04 Å². The van der Waals surface area contributed by atoms with Gasteiger partial charge in [-0.1, -0.05) is 12.8 Å². The molecule has 1 saturated carbocycles. The van der Waals surface area contributed by atoms with Crippen LogP contribution in [0.5, 0.6) is 5.75 Å². The van der Waals surface area contributed by atoms with Crippen LogP contribution in [-0.2, 0) is 6.54 Å². The molecule has 0 aliphatic heterocycles. The molecular formula is C15H28N4OS. The summed E-state index contributed by atoms with van der Waals surface area (Å²) in [7, 11) is 5.82. The van der Waals surface area contributed by atoms with Crippen molar-refractivity contribution in [1.82, 2.24) is 14.7 Å². The smallest absolute Gasteiger partial charge is 0.161 e. The summed E-state index contributed by atoms with van der Waals surface area (Å²) in [6.07, 6.45) is 7.21. The molecule has 1 aliphatic rings. The molecule has 1 aromatic rings. The molecule has 6 heteroatoms. The number of nitrogens with zero attached hydrogens (tertiary/aromatic N) is 3. The van der Waals surface area contributed by atoms with E-state index in [0.29, 0.717) is 0 Å². The lowest BCUT2D eigenvalue weighted by molar-refractivity contribution is 0.362. The SMILES string of the molecule is COc1cnn(CCN(C)C)c1C(N)CSC1CCCC1. The van der Waals surface area contributed by atoms with Crippen molar-refractivity contribution in [2.24, 2.45) is 5.73 Å². The van der Waals surface area contributed by atoms with Gasteiger partial charge in [0, 0.05) is 17.5 Å². The van der Waals surface area contributed by atoms with Gasteiger partial charge in [0.15, 0.2) is 5.75 Å². The van der Waals surface area contributed by atoms with Crippen LogP contribution in [0.3, 0.4) is 0 Å². The van der Waals surface area contributed by atoms with E-state index in [9.17, 15) is 0 Å². The number of aromatic nitrogens is 2. The molecule has 0 bridgehead atoms. The number of methoxy groups -OCH3 is 1. The highest BCUT2D eigenvalue weighted by Crippen LogP contribution is 2.33. The Balaban J connectivity index is 1.98. The Kier molecular flexibility index (Phi) is 6.39. The van der Waals surface area contributed by atoms with Crippen LogP contribution in [0.4, 0.5) is 0 Å². The molecule has 1 unspecified atom stereocenters. The lowest BCUT2D eigenvalue weighted by Gasteiger charge is -2.18. The molecule has 2 rings (SSSR count). The standard InChI is InChI=1S/C15H28N4OS/c1-18(2)8-9-19-15(14(20-3)10-17-19)13(16)11-21-12-6-4-5-7-12/h10,12-13H,4-9,11,16H2,1-3H3. The minimum Gasteiger partial charge on any atom is -0.493 e. The molecule has 120 valence electrons. The van der Waals surface area contributed by atoms with Crippen molar-refractivity contribution in [2.45, 2.75) is 43.5 Å². The number of likely N-dealkylation sites (N-methyl/N-ethyl adjacent to an activating group) is 1. The first-order valence-corrected chi connectivity index (χ1v) is 8.78. The third kappa shape index (κ3) is 4.63. The third-order valence-electron chi connectivity index (χ3n) is 3.99. The summed E-state index contributed by atoms with van der Waals surface area (Å²) < 4.78 is 7.44. The first-order chi connectivity index (χ1) is 10.1. The van der Waals surface area contributed by atoms with E-state index in [4.69, 9.17) is 10.5 Å². The van der Waals surface area contributed by atoms with Crippen molar-refractivity contribution < 1.29 is 4.74 Å². The van der Waals surface area contributed by atoms with Gasteiger partial charge in [-0.15, -0.1) is 0 Å². The fraction of sp³-hybridized carbons (Fsp3) is 0.800. The van der Waals surface area contributed by atoms with Gasteiger partial charge in [0.1, 0.15) is 0 Å². The van der Waals surface area contributed by atoms with Crippen LogP contribution in [0, 0.1) is 0 Å². The van der Waals surface area contributed by atoms with Gasteiger partial charge in [0.25, 0.3) is 0 Å². The molecule has 5 nitrogen and oxygen atoms in total. The zero-order chi connectivity index (χ0) is 15.2. The Morgan fingerprint density at radius 3 is 2.81 bits per heavy atom. The van der Waals surface area contributed by atoms with Crippen LogP contribution < -0.4 is 10.5 Å². The summed E-state index contributed by atoms with van der Waals surface area (Å²) >= 11 is 2.01. The maximum atomic E-state index is 6.43. The molecule has 1 heterocycles. The Hall–Kier alpha value is -0.720. The van der Waals surface area contributed by atoms with Crippen LogP contribution in [0.25, 0.3) is 0 Å². The lowest BCUT2D eigenvalue weighted by Crippen LogP contribution is -2.24. The molecule has 2 N–H and O–H groups in total. The molecule has 1 aromatic heterocycles. The van der Waals surface area contributed by atoms with Gasteiger partial charge < -0.3 is 15.4 Å². The predicted octanol–water partition coefficient (Wildman–Crippen LogP) is 2.13. The van der Waals surface area contributed by atoms with Crippen molar-refractivity contribution in [3.63, 3.8) is 0 Å². The largest absolute Gasteiger partial charge is 0.493 e. The number of hydrogen-bond donors (Lipinski definition) is 1. The van der Waals surface area contributed by atoms with E-state index in [2.05, 4.69) is 24.1 Å². The minimum atomic E-state index is -0.0183. The van der Waals surface area contributed by atoms with E-state index in [1.807, 2.05) is 16.4 Å². The summed E-state index contributed by atoms with van der Waals surface area (Å²) in [6.45, 7) is 1.79. The fourth-order valence-corrected chi connectivity index (χ4v) is 4.06. The van der Waals surface area contributed by atoms with Crippen molar-refractivity contribution in [3.8, 4) is 5.75 Å². The van der Waals surface area contributed by atoms with Gasteiger partial charge in [0.2, 0.25) is 0 Å².